The summed E-state index contributed by atoms with van der Waals surface area (Å²) in [7, 11) is 0. The predicted octanol–water partition coefficient (Wildman–Crippen LogP) is 3.43. The lowest BCUT2D eigenvalue weighted by Crippen LogP contribution is -2.47. The number of ketones is 1. The van der Waals surface area contributed by atoms with Crippen LogP contribution in [0.4, 0.5) is 18.0 Å². The van der Waals surface area contributed by atoms with Gasteiger partial charge in [-0.1, -0.05) is 0 Å². The highest BCUT2D eigenvalue weighted by molar-refractivity contribution is 5.88. The highest BCUT2D eigenvalue weighted by atomic mass is 19.4. The van der Waals surface area contributed by atoms with Crippen molar-refractivity contribution in [1.29, 1.82) is 0 Å². The summed E-state index contributed by atoms with van der Waals surface area (Å²) in [4.78, 5) is 38.1. The van der Waals surface area contributed by atoms with Gasteiger partial charge in [-0.15, -0.1) is 0 Å². The molecule has 1 fully saturated rings. The Morgan fingerprint density at radius 2 is 1.91 bits per heavy atom. The average Bonchev–Trinajstić information content (AvgIpc) is 3.12. The van der Waals surface area contributed by atoms with Gasteiger partial charge < -0.3 is 9.84 Å². The number of amides is 1. The third kappa shape index (κ3) is 6.25. The normalized spacial score (nSPS) is 18.9. The van der Waals surface area contributed by atoms with E-state index < -0.39 is 35.7 Å². The second-order valence-corrected chi connectivity index (χ2v) is 8.77. The molecule has 0 unspecified atom stereocenters. The summed E-state index contributed by atoms with van der Waals surface area (Å²) in [5, 5.41) is 10.3. The fraction of sp³-hybridized carbons (Fsp3) is 0.500. The van der Waals surface area contributed by atoms with E-state index >= 15 is 0 Å². The second-order valence-electron chi connectivity index (χ2n) is 8.77. The highest BCUT2D eigenvalue weighted by Gasteiger charge is 2.42. The number of pyridine rings is 1. The van der Waals surface area contributed by atoms with Gasteiger partial charge >= 0.3 is 12.3 Å². The van der Waals surface area contributed by atoms with Crippen molar-refractivity contribution in [2.45, 2.75) is 64.0 Å². The minimum absolute atomic E-state index is 0.00272. The molecule has 2 aromatic rings. The Labute approximate surface area is 188 Å². The molecule has 11 heteroatoms. The number of ether oxygens (including phenoxy) is 1. The van der Waals surface area contributed by atoms with Gasteiger partial charge in [0.1, 0.15) is 23.7 Å². The van der Waals surface area contributed by atoms with Crippen molar-refractivity contribution in [2.24, 2.45) is 0 Å². The first-order valence-corrected chi connectivity index (χ1v) is 10.4. The standard InChI is InChI=1S/C22H25F3N4O4/c1-21(2,3)33-20(32)29-9-8-17(31)19(29)16(30)6-5-14-10-15(28-12-27-14)13-4-7-18(26-11-13)22(23,24)25/h4,7,10-12,17,19,31H,5-6,8-9H2,1-3H3/t17-,19-/m1/s1. The second kappa shape index (κ2) is 9.42. The molecule has 0 radical (unpaired) electrons. The van der Waals surface area contributed by atoms with Crippen LogP contribution in [0.1, 0.15) is 45.0 Å². The molecule has 3 heterocycles. The number of halogens is 3. The van der Waals surface area contributed by atoms with Crippen molar-refractivity contribution in [2.75, 3.05) is 6.54 Å². The number of hydrogen-bond donors (Lipinski definition) is 1. The Kier molecular flexibility index (Phi) is 7.01. The monoisotopic (exact) mass is 466 g/mol. The lowest BCUT2D eigenvalue weighted by molar-refractivity contribution is -0.141. The average molecular weight is 466 g/mol. The molecule has 2 aromatic heterocycles. The first-order chi connectivity index (χ1) is 15.3. The van der Waals surface area contributed by atoms with Gasteiger partial charge in [-0.25, -0.2) is 14.8 Å². The largest absolute Gasteiger partial charge is 0.444 e. The van der Waals surface area contributed by atoms with Crippen LogP contribution >= 0.6 is 0 Å². The summed E-state index contributed by atoms with van der Waals surface area (Å²) >= 11 is 0. The lowest BCUT2D eigenvalue weighted by atomic mass is 10.0. The van der Waals surface area contributed by atoms with Crippen molar-refractivity contribution in [1.82, 2.24) is 19.9 Å². The molecule has 2 atom stereocenters. The lowest BCUT2D eigenvalue weighted by Gasteiger charge is -2.28. The zero-order chi connectivity index (χ0) is 24.4. The number of alkyl halides is 3. The molecule has 0 spiro atoms. The van der Waals surface area contributed by atoms with E-state index in [4.69, 9.17) is 4.74 Å². The van der Waals surface area contributed by atoms with Crippen LogP contribution in [-0.4, -0.2) is 61.1 Å². The van der Waals surface area contributed by atoms with E-state index in [1.165, 1.54) is 17.3 Å². The highest BCUT2D eigenvalue weighted by Crippen LogP contribution is 2.29. The maximum Gasteiger partial charge on any atom is 0.433 e. The molecule has 1 amide bonds. The van der Waals surface area contributed by atoms with Gasteiger partial charge in [-0.2, -0.15) is 13.2 Å². The van der Waals surface area contributed by atoms with E-state index in [9.17, 15) is 27.9 Å². The third-order valence-corrected chi connectivity index (χ3v) is 5.02. The zero-order valence-corrected chi connectivity index (χ0v) is 18.5. The molecule has 1 saturated heterocycles. The summed E-state index contributed by atoms with van der Waals surface area (Å²) in [6, 6.07) is 2.70. The third-order valence-electron chi connectivity index (χ3n) is 5.02. The minimum Gasteiger partial charge on any atom is -0.444 e. The van der Waals surface area contributed by atoms with Crippen LogP contribution < -0.4 is 0 Å². The van der Waals surface area contributed by atoms with Crippen LogP contribution in [0.5, 0.6) is 0 Å². The molecule has 33 heavy (non-hydrogen) atoms. The summed E-state index contributed by atoms with van der Waals surface area (Å²) in [6.45, 7) is 5.36. The number of Topliss-reactive ketones (excluding diaryl/α,β-unsaturated/α-hetero) is 1. The molecule has 3 rings (SSSR count). The van der Waals surface area contributed by atoms with Gasteiger partial charge in [0.2, 0.25) is 0 Å². The maximum absolute atomic E-state index is 12.8. The molecule has 1 N–H and O–H groups in total. The molecule has 0 saturated carbocycles. The van der Waals surface area contributed by atoms with Crippen LogP contribution in [-0.2, 0) is 22.1 Å². The van der Waals surface area contributed by atoms with E-state index in [0.29, 0.717) is 17.0 Å². The Morgan fingerprint density at radius 3 is 2.52 bits per heavy atom. The van der Waals surface area contributed by atoms with Gasteiger partial charge in [0.25, 0.3) is 0 Å². The Hall–Kier alpha value is -3.08. The zero-order valence-electron chi connectivity index (χ0n) is 18.5. The summed E-state index contributed by atoms with van der Waals surface area (Å²) in [5.41, 5.74) is -0.506. The summed E-state index contributed by atoms with van der Waals surface area (Å²) in [6.07, 6.45) is -3.36. The predicted molar refractivity (Wildman–Crippen MR) is 111 cm³/mol. The molecule has 1 aliphatic rings. The fourth-order valence-corrected chi connectivity index (χ4v) is 3.49. The van der Waals surface area contributed by atoms with Crippen LogP contribution in [0.25, 0.3) is 11.3 Å². The van der Waals surface area contributed by atoms with Crippen LogP contribution in [0, 0.1) is 0 Å². The van der Waals surface area contributed by atoms with E-state index in [-0.39, 0.29) is 31.6 Å². The van der Waals surface area contributed by atoms with Gasteiger partial charge in [-0.3, -0.25) is 14.7 Å². The first-order valence-electron chi connectivity index (χ1n) is 10.4. The van der Waals surface area contributed by atoms with Gasteiger partial charge in [-0.05, 0) is 51.8 Å². The number of likely N-dealkylation sites (tertiary alicyclic amines) is 1. The smallest absolute Gasteiger partial charge is 0.433 e. The fourth-order valence-electron chi connectivity index (χ4n) is 3.49. The van der Waals surface area contributed by atoms with Gasteiger partial charge in [0.15, 0.2) is 5.78 Å². The number of aryl methyl sites for hydroxylation is 1. The number of hydrogen-bond acceptors (Lipinski definition) is 7. The molecule has 178 valence electrons. The van der Waals surface area contributed by atoms with Crippen LogP contribution in [0.3, 0.4) is 0 Å². The van der Waals surface area contributed by atoms with Gasteiger partial charge in [0, 0.05) is 30.4 Å². The quantitative estimate of drug-likeness (QED) is 0.720. The van der Waals surface area contributed by atoms with Crippen molar-refractivity contribution in [3.8, 4) is 11.3 Å². The van der Waals surface area contributed by atoms with E-state index in [0.717, 1.165) is 12.3 Å². The number of rotatable bonds is 5. The molecule has 0 aliphatic carbocycles. The topological polar surface area (TPSA) is 106 Å². The molecule has 1 aliphatic heterocycles. The van der Waals surface area contributed by atoms with Gasteiger partial charge in [0.05, 0.1) is 11.8 Å². The Balaban J connectivity index is 1.67. The number of aliphatic hydroxyl groups excluding tert-OH is 1. The van der Waals surface area contributed by atoms with E-state index in [1.54, 1.807) is 26.8 Å². The van der Waals surface area contributed by atoms with Crippen molar-refractivity contribution in [3.05, 3.63) is 42.1 Å². The Morgan fingerprint density at radius 1 is 1.18 bits per heavy atom. The number of carbonyl (C=O) groups is 2. The van der Waals surface area contributed by atoms with Crippen LogP contribution in [0.15, 0.2) is 30.7 Å². The SMILES string of the molecule is CC(C)(C)OC(=O)N1CC[C@@H](O)[C@H]1C(=O)CCc1cc(-c2ccc(C(F)(F)F)nc2)ncn1. The van der Waals surface area contributed by atoms with Crippen molar-refractivity contribution < 1.29 is 32.6 Å². The van der Waals surface area contributed by atoms with Crippen LogP contribution in [0.2, 0.25) is 0 Å². The molecular weight excluding hydrogens is 441 g/mol. The van der Waals surface area contributed by atoms with Crippen molar-refractivity contribution in [3.63, 3.8) is 0 Å². The number of aromatic nitrogens is 3. The molecular formula is C22H25F3N4O4. The number of carbonyl (C=O) groups excluding carboxylic acids is 2. The van der Waals surface area contributed by atoms with E-state index in [2.05, 4.69) is 15.0 Å². The maximum atomic E-state index is 12.8. The first kappa shape index (κ1) is 24.6. The molecule has 0 bridgehead atoms. The minimum atomic E-state index is -4.53. The Bertz CT molecular complexity index is 1010. The number of aliphatic hydroxyl groups is 1. The number of nitrogens with zero attached hydrogens (tertiary/aromatic N) is 4. The summed E-state index contributed by atoms with van der Waals surface area (Å²) in [5.74, 6) is -0.331. The van der Waals surface area contributed by atoms with Crippen molar-refractivity contribution >= 4 is 11.9 Å². The molecule has 0 aromatic carbocycles. The summed E-state index contributed by atoms with van der Waals surface area (Å²) < 4.78 is 43.5. The molecule has 8 nitrogen and oxygen atoms in total. The van der Waals surface area contributed by atoms with E-state index in [1.807, 2.05) is 0 Å².